The van der Waals surface area contributed by atoms with Gasteiger partial charge in [-0.25, -0.2) is 15.0 Å². The molecule has 2 aliphatic heterocycles. The number of fused-ring (bicyclic) bond motifs is 4. The van der Waals surface area contributed by atoms with E-state index in [1.165, 1.54) is 6.33 Å². The second-order valence-electron chi connectivity index (χ2n) is 7.88. The molecule has 0 unspecified atom stereocenters. The van der Waals surface area contributed by atoms with E-state index in [4.69, 9.17) is 11.5 Å². The third kappa shape index (κ3) is 3.18. The molecule has 2 atom stereocenters. The molecule has 9 nitrogen and oxygen atoms in total. The molecule has 0 aliphatic carbocycles. The summed E-state index contributed by atoms with van der Waals surface area (Å²) in [6, 6.07) is 7.35. The van der Waals surface area contributed by atoms with Crippen LogP contribution in [0, 0.1) is 12.8 Å². The van der Waals surface area contributed by atoms with E-state index < -0.39 is 0 Å². The first-order valence-electron chi connectivity index (χ1n) is 9.65. The van der Waals surface area contributed by atoms with Crippen molar-refractivity contribution >= 4 is 17.6 Å². The van der Waals surface area contributed by atoms with Crippen LogP contribution in [0.3, 0.4) is 0 Å². The fraction of sp³-hybridized carbons (Fsp3) is 0.350. The molecule has 2 aliphatic rings. The Morgan fingerprint density at radius 3 is 2.69 bits per heavy atom. The van der Waals surface area contributed by atoms with Crippen molar-refractivity contribution in [3.63, 3.8) is 0 Å². The lowest BCUT2D eigenvalue weighted by Gasteiger charge is -2.43. The third-order valence-corrected chi connectivity index (χ3v) is 5.72. The van der Waals surface area contributed by atoms with Crippen LogP contribution >= 0.6 is 0 Å². The highest BCUT2D eigenvalue weighted by Gasteiger charge is 2.35. The molecule has 4 N–H and O–H groups in total. The summed E-state index contributed by atoms with van der Waals surface area (Å²) in [5, 5.41) is 0. The van der Waals surface area contributed by atoms with Crippen molar-refractivity contribution in [2.75, 3.05) is 29.5 Å². The van der Waals surface area contributed by atoms with Crippen LogP contribution in [0.25, 0.3) is 11.3 Å². The van der Waals surface area contributed by atoms with Crippen LogP contribution in [0.5, 0.6) is 0 Å². The number of piperidine rings is 1. The second-order valence-corrected chi connectivity index (χ2v) is 7.88. The Bertz CT molecular complexity index is 1140. The van der Waals surface area contributed by atoms with Gasteiger partial charge in [0.1, 0.15) is 18.0 Å². The van der Waals surface area contributed by atoms with Crippen molar-refractivity contribution in [1.82, 2.24) is 24.5 Å². The normalized spacial score (nSPS) is 20.4. The molecule has 0 spiro atoms. The van der Waals surface area contributed by atoms with E-state index in [1.807, 2.05) is 17.6 Å². The standard InChI is InChI=1S/C20H22N8O/c1-11-2-18(26-20(22)25-11)27-7-12-3-14(9-27)16-4-13(5-19(29)28(16)8-12)15-6-17(21)24-10-23-15/h2,4-6,10,12,14H,3,7-9H2,1H3,(H2,21,23,24)(H2,22,25,26)/t12-,14+/m0/s1. The minimum atomic E-state index is -0.0000383. The largest absolute Gasteiger partial charge is 0.384 e. The van der Waals surface area contributed by atoms with E-state index in [1.54, 1.807) is 12.1 Å². The van der Waals surface area contributed by atoms with Crippen molar-refractivity contribution in [1.29, 1.82) is 0 Å². The summed E-state index contributed by atoms with van der Waals surface area (Å²) in [6.45, 7) is 4.25. The average Bonchev–Trinajstić information content (AvgIpc) is 2.68. The molecule has 148 valence electrons. The van der Waals surface area contributed by atoms with Gasteiger partial charge in [0.25, 0.3) is 5.56 Å². The van der Waals surface area contributed by atoms with Gasteiger partial charge in [-0.3, -0.25) is 4.79 Å². The zero-order valence-electron chi connectivity index (χ0n) is 16.1. The maximum Gasteiger partial charge on any atom is 0.251 e. The summed E-state index contributed by atoms with van der Waals surface area (Å²) in [5.41, 5.74) is 15.0. The monoisotopic (exact) mass is 390 g/mol. The van der Waals surface area contributed by atoms with Gasteiger partial charge in [-0.15, -0.1) is 0 Å². The molecule has 1 fully saturated rings. The van der Waals surface area contributed by atoms with Gasteiger partial charge < -0.3 is 20.9 Å². The van der Waals surface area contributed by atoms with E-state index in [9.17, 15) is 4.79 Å². The molecule has 3 aromatic rings. The summed E-state index contributed by atoms with van der Waals surface area (Å²) in [6.07, 6.45) is 2.47. The van der Waals surface area contributed by atoms with E-state index in [0.29, 0.717) is 24.0 Å². The van der Waals surface area contributed by atoms with Crippen LogP contribution in [-0.4, -0.2) is 37.6 Å². The van der Waals surface area contributed by atoms with Crippen molar-refractivity contribution in [3.8, 4) is 11.3 Å². The van der Waals surface area contributed by atoms with Gasteiger partial charge in [0.05, 0.1) is 5.69 Å². The first kappa shape index (κ1) is 17.6. The quantitative estimate of drug-likeness (QED) is 0.668. The Hall–Kier alpha value is -3.49. The van der Waals surface area contributed by atoms with Gasteiger partial charge in [0.15, 0.2) is 0 Å². The maximum absolute atomic E-state index is 12.9. The molecule has 0 saturated carbocycles. The molecular formula is C20H22N8O. The Kier molecular flexibility index (Phi) is 3.97. The van der Waals surface area contributed by atoms with Gasteiger partial charge in [-0.05, 0) is 25.3 Å². The molecule has 0 aromatic carbocycles. The van der Waals surface area contributed by atoms with Gasteiger partial charge in [-0.1, -0.05) is 0 Å². The van der Waals surface area contributed by atoms with Crippen molar-refractivity contribution in [2.45, 2.75) is 25.8 Å². The zero-order valence-corrected chi connectivity index (χ0v) is 16.1. The van der Waals surface area contributed by atoms with Crippen molar-refractivity contribution in [3.05, 3.63) is 52.3 Å². The Labute approximate surface area is 167 Å². The highest BCUT2D eigenvalue weighted by atomic mass is 16.1. The predicted octanol–water partition coefficient (Wildman–Crippen LogP) is 1.19. The molecule has 3 aromatic heterocycles. The third-order valence-electron chi connectivity index (χ3n) is 5.72. The smallest absolute Gasteiger partial charge is 0.251 e. The summed E-state index contributed by atoms with van der Waals surface area (Å²) < 4.78 is 1.91. The van der Waals surface area contributed by atoms with Crippen molar-refractivity contribution < 1.29 is 0 Å². The van der Waals surface area contributed by atoms with Gasteiger partial charge in [0, 0.05) is 60.7 Å². The SMILES string of the molecule is Cc1cc(N2C[C@@H]3C[C@H](C2)c2cc(-c4cc(N)ncn4)cc(=O)n2C3)nc(N)n1. The molecule has 2 bridgehead atoms. The summed E-state index contributed by atoms with van der Waals surface area (Å²) >= 11 is 0. The molecule has 5 heterocycles. The van der Waals surface area contributed by atoms with Crippen LogP contribution in [0.4, 0.5) is 17.6 Å². The Morgan fingerprint density at radius 1 is 1.03 bits per heavy atom. The minimum Gasteiger partial charge on any atom is -0.384 e. The van der Waals surface area contributed by atoms with Crippen LogP contribution in [-0.2, 0) is 6.54 Å². The molecule has 5 rings (SSSR count). The Morgan fingerprint density at radius 2 is 1.90 bits per heavy atom. The molecule has 0 amide bonds. The van der Waals surface area contributed by atoms with Crippen LogP contribution < -0.4 is 21.9 Å². The number of rotatable bonds is 2. The van der Waals surface area contributed by atoms with Crippen LogP contribution in [0.15, 0.2) is 35.4 Å². The zero-order chi connectivity index (χ0) is 20.1. The lowest BCUT2D eigenvalue weighted by molar-refractivity contribution is 0.281. The topological polar surface area (TPSA) is 129 Å². The molecule has 29 heavy (non-hydrogen) atoms. The molecular weight excluding hydrogens is 368 g/mol. The molecule has 9 heteroatoms. The number of hydrogen-bond acceptors (Lipinski definition) is 8. The van der Waals surface area contributed by atoms with Crippen LogP contribution in [0.1, 0.15) is 23.7 Å². The number of nitrogens with zero attached hydrogens (tertiary/aromatic N) is 6. The lowest BCUT2D eigenvalue weighted by Crippen LogP contribution is -2.47. The highest BCUT2D eigenvalue weighted by molar-refractivity contribution is 5.62. The highest BCUT2D eigenvalue weighted by Crippen LogP contribution is 2.37. The minimum absolute atomic E-state index is 0.0000383. The maximum atomic E-state index is 12.9. The number of aryl methyl sites for hydroxylation is 1. The number of pyridine rings is 1. The average molecular weight is 390 g/mol. The molecule has 0 radical (unpaired) electrons. The van der Waals surface area contributed by atoms with Crippen LogP contribution in [0.2, 0.25) is 0 Å². The van der Waals surface area contributed by atoms with Gasteiger partial charge in [0.2, 0.25) is 5.95 Å². The lowest BCUT2D eigenvalue weighted by atomic mass is 9.82. The number of anilines is 3. The summed E-state index contributed by atoms with van der Waals surface area (Å²) in [7, 11) is 0. The first-order valence-corrected chi connectivity index (χ1v) is 9.65. The van der Waals surface area contributed by atoms with E-state index in [0.717, 1.165) is 42.3 Å². The number of nitrogen functional groups attached to an aromatic ring is 2. The van der Waals surface area contributed by atoms with Gasteiger partial charge >= 0.3 is 0 Å². The van der Waals surface area contributed by atoms with E-state index >= 15 is 0 Å². The van der Waals surface area contributed by atoms with E-state index in [-0.39, 0.29) is 17.4 Å². The fourth-order valence-corrected chi connectivity index (χ4v) is 4.56. The number of hydrogen-bond donors (Lipinski definition) is 2. The first-order chi connectivity index (χ1) is 14.0. The Balaban J connectivity index is 1.54. The van der Waals surface area contributed by atoms with Crippen molar-refractivity contribution in [2.24, 2.45) is 5.92 Å². The second kappa shape index (κ2) is 6.54. The summed E-state index contributed by atoms with van der Waals surface area (Å²) in [4.78, 5) is 31.9. The fourth-order valence-electron chi connectivity index (χ4n) is 4.56. The number of nitrogens with two attached hydrogens (primary N) is 2. The predicted molar refractivity (Wildman–Crippen MR) is 110 cm³/mol. The summed E-state index contributed by atoms with van der Waals surface area (Å²) in [5.74, 6) is 2.13. The molecule has 1 saturated heterocycles. The van der Waals surface area contributed by atoms with E-state index in [2.05, 4.69) is 30.9 Å². The number of aromatic nitrogens is 5. The van der Waals surface area contributed by atoms with Gasteiger partial charge in [-0.2, -0.15) is 4.98 Å².